The number of rotatable bonds is 8. The third-order valence-electron chi connectivity index (χ3n) is 4.25. The Bertz CT molecular complexity index is 749. The van der Waals surface area contributed by atoms with Gasteiger partial charge in [-0.3, -0.25) is 14.4 Å². The third kappa shape index (κ3) is 8.20. The molecule has 1 aromatic carbocycles. The number of hydrogen-bond donors (Lipinski definition) is 1. The number of ketones is 1. The number of hydrogen-bond acceptors (Lipinski definition) is 6. The van der Waals surface area contributed by atoms with Gasteiger partial charge >= 0.3 is 7.12 Å². The summed E-state index contributed by atoms with van der Waals surface area (Å²) in [4.78, 5) is 36.7. The quantitative estimate of drug-likeness (QED) is 0.593. The summed E-state index contributed by atoms with van der Waals surface area (Å²) in [6.45, 7) is 4.35. The molecule has 0 radical (unpaired) electrons. The summed E-state index contributed by atoms with van der Waals surface area (Å²) in [6, 6.07) is 4.56. The second-order valence-electron chi connectivity index (χ2n) is 7.22. The lowest BCUT2D eigenvalue weighted by atomic mass is 9.65. The highest BCUT2D eigenvalue weighted by atomic mass is 35.5. The second-order valence-corrected chi connectivity index (χ2v) is 9.17. The molecule has 1 amide bonds. The molecular weight excluding hydrogens is 436 g/mol. The van der Waals surface area contributed by atoms with E-state index in [4.69, 9.17) is 32.5 Å². The third-order valence-corrected chi connectivity index (χ3v) is 5.71. The molecule has 0 aromatic heterocycles. The SMILES string of the molecule is CC(C)C[C@H](CC(=O)CNC(=O)c1cc(Cl)ccc1Cl)B1OCCSCC(=O)O1. The van der Waals surface area contributed by atoms with Crippen molar-refractivity contribution in [1.82, 2.24) is 5.32 Å². The van der Waals surface area contributed by atoms with Gasteiger partial charge in [-0.15, -0.1) is 11.8 Å². The maximum atomic E-state index is 12.5. The van der Waals surface area contributed by atoms with Gasteiger partial charge in [-0.25, -0.2) is 0 Å². The molecule has 1 atom stereocenters. The van der Waals surface area contributed by atoms with Crippen LogP contribution in [0.25, 0.3) is 0 Å². The van der Waals surface area contributed by atoms with Gasteiger partial charge in [0.25, 0.3) is 11.9 Å². The van der Waals surface area contributed by atoms with E-state index in [-0.39, 0.29) is 52.8 Å². The number of halogens is 2. The highest BCUT2D eigenvalue weighted by molar-refractivity contribution is 7.99. The Morgan fingerprint density at radius 3 is 2.79 bits per heavy atom. The van der Waals surface area contributed by atoms with Crippen molar-refractivity contribution in [3.8, 4) is 0 Å². The standard InChI is InChI=1S/C19H24BCl2NO5S/c1-12(2)7-13(20-27-5-6-29-11-18(25)28-20)8-15(24)10-23-19(26)16-9-14(21)3-4-17(16)22/h3-4,9,12-13H,5-8,10-11H2,1-2H3,(H,23,26)/t13-/m1/s1. The fraction of sp³-hybridized carbons (Fsp3) is 0.526. The van der Waals surface area contributed by atoms with Crippen molar-refractivity contribution < 1.29 is 23.7 Å². The van der Waals surface area contributed by atoms with Gasteiger partial charge in [0.15, 0.2) is 5.78 Å². The molecule has 2 rings (SSSR count). The van der Waals surface area contributed by atoms with Gasteiger partial charge in [0.1, 0.15) is 0 Å². The Kier molecular flexibility index (Phi) is 9.82. The van der Waals surface area contributed by atoms with Crippen LogP contribution in [0.4, 0.5) is 0 Å². The molecule has 1 aliphatic rings. The predicted molar refractivity (Wildman–Crippen MR) is 117 cm³/mol. The molecule has 0 spiro atoms. The Labute approximate surface area is 185 Å². The van der Waals surface area contributed by atoms with E-state index in [9.17, 15) is 14.4 Å². The van der Waals surface area contributed by atoms with Crippen molar-refractivity contribution in [2.45, 2.75) is 32.5 Å². The van der Waals surface area contributed by atoms with E-state index in [0.717, 1.165) is 0 Å². The minimum absolute atomic E-state index is 0.132. The van der Waals surface area contributed by atoms with E-state index in [1.165, 1.54) is 23.9 Å². The maximum absolute atomic E-state index is 12.5. The first kappa shape index (κ1) is 24.1. The van der Waals surface area contributed by atoms with Crippen LogP contribution in [0.15, 0.2) is 18.2 Å². The summed E-state index contributed by atoms with van der Waals surface area (Å²) in [5.41, 5.74) is 0.209. The minimum atomic E-state index is -0.757. The fourth-order valence-corrected chi connectivity index (χ4v) is 3.98. The number of thioether (sulfide) groups is 1. The molecule has 1 N–H and O–H groups in total. The van der Waals surface area contributed by atoms with Crippen LogP contribution in [0.3, 0.4) is 0 Å². The largest absolute Gasteiger partial charge is 0.531 e. The molecule has 0 saturated carbocycles. The van der Waals surface area contributed by atoms with E-state index >= 15 is 0 Å². The average molecular weight is 460 g/mol. The molecule has 29 heavy (non-hydrogen) atoms. The van der Waals surface area contributed by atoms with Crippen molar-refractivity contribution in [2.24, 2.45) is 5.92 Å². The first-order chi connectivity index (χ1) is 13.8. The van der Waals surface area contributed by atoms with Gasteiger partial charge in [0, 0.05) is 29.6 Å². The lowest BCUT2D eigenvalue weighted by molar-refractivity contribution is -0.133. The molecule has 1 aromatic rings. The van der Waals surface area contributed by atoms with Gasteiger partial charge in [-0.1, -0.05) is 37.0 Å². The minimum Gasteiger partial charge on any atom is -0.509 e. The summed E-state index contributed by atoms with van der Waals surface area (Å²) in [5, 5.41) is 3.21. The normalized spacial score (nSPS) is 16.0. The van der Waals surface area contributed by atoms with Gasteiger partial charge < -0.3 is 14.6 Å². The van der Waals surface area contributed by atoms with Gasteiger partial charge in [0.2, 0.25) is 0 Å². The first-order valence-electron chi connectivity index (χ1n) is 9.40. The van der Waals surface area contributed by atoms with E-state index in [1.54, 1.807) is 6.07 Å². The van der Waals surface area contributed by atoms with Crippen LogP contribution in [0.1, 0.15) is 37.0 Å². The van der Waals surface area contributed by atoms with Crippen molar-refractivity contribution in [2.75, 3.05) is 24.7 Å². The van der Waals surface area contributed by atoms with E-state index in [2.05, 4.69) is 5.32 Å². The van der Waals surface area contributed by atoms with Crippen LogP contribution in [-0.2, 0) is 18.9 Å². The van der Waals surface area contributed by atoms with Crippen molar-refractivity contribution in [3.63, 3.8) is 0 Å². The second kappa shape index (κ2) is 11.8. The zero-order valence-corrected chi connectivity index (χ0v) is 18.7. The smallest absolute Gasteiger partial charge is 0.509 e. The van der Waals surface area contributed by atoms with Crippen molar-refractivity contribution in [1.29, 1.82) is 0 Å². The maximum Gasteiger partial charge on any atom is 0.531 e. The summed E-state index contributed by atoms with van der Waals surface area (Å²) >= 11 is 13.4. The van der Waals surface area contributed by atoms with E-state index in [1.807, 2.05) is 13.8 Å². The summed E-state index contributed by atoms with van der Waals surface area (Å²) < 4.78 is 11.1. The Morgan fingerprint density at radius 1 is 1.31 bits per heavy atom. The zero-order valence-electron chi connectivity index (χ0n) is 16.4. The van der Waals surface area contributed by atoms with Crippen LogP contribution in [0, 0.1) is 5.92 Å². The lowest BCUT2D eigenvalue weighted by Gasteiger charge is -2.25. The van der Waals surface area contributed by atoms with E-state index in [0.29, 0.717) is 23.8 Å². The van der Waals surface area contributed by atoms with E-state index < -0.39 is 13.0 Å². The molecular formula is C19H24BCl2NO5S. The molecule has 10 heteroatoms. The summed E-state index contributed by atoms with van der Waals surface area (Å²) in [7, 11) is -0.757. The molecule has 0 aliphatic carbocycles. The summed E-state index contributed by atoms with van der Waals surface area (Å²) in [5.74, 6) is -0.0146. The number of carbonyl (C=O) groups is 3. The topological polar surface area (TPSA) is 81.7 Å². The number of benzene rings is 1. The molecule has 1 aliphatic heterocycles. The number of carbonyl (C=O) groups excluding carboxylic acids is 3. The van der Waals surface area contributed by atoms with Crippen molar-refractivity contribution >= 4 is 59.7 Å². The van der Waals surface area contributed by atoms with Crippen molar-refractivity contribution in [3.05, 3.63) is 33.8 Å². The molecule has 6 nitrogen and oxygen atoms in total. The van der Waals surface area contributed by atoms with Crippen LogP contribution < -0.4 is 5.32 Å². The highest BCUT2D eigenvalue weighted by Crippen LogP contribution is 2.28. The van der Waals surface area contributed by atoms with Gasteiger partial charge in [0.05, 0.1) is 22.9 Å². The van der Waals surface area contributed by atoms with Crippen LogP contribution in [0.5, 0.6) is 0 Å². The van der Waals surface area contributed by atoms with Gasteiger partial charge in [-0.05, 0) is 30.5 Å². The van der Waals surface area contributed by atoms with Gasteiger partial charge in [-0.2, -0.15) is 0 Å². The molecule has 1 heterocycles. The number of amides is 1. The predicted octanol–water partition coefficient (Wildman–Crippen LogP) is 3.89. The molecule has 0 unspecified atom stereocenters. The molecule has 158 valence electrons. The zero-order chi connectivity index (χ0) is 21.4. The highest BCUT2D eigenvalue weighted by Gasteiger charge is 2.36. The Hall–Kier alpha value is -1.22. The first-order valence-corrected chi connectivity index (χ1v) is 11.3. The lowest BCUT2D eigenvalue weighted by Crippen LogP contribution is -2.38. The summed E-state index contributed by atoms with van der Waals surface area (Å²) in [6.07, 6.45) is 0.789. The number of nitrogens with one attached hydrogen (secondary N) is 1. The molecule has 1 saturated heterocycles. The van der Waals surface area contributed by atoms with Crippen LogP contribution >= 0.6 is 35.0 Å². The van der Waals surface area contributed by atoms with Crippen LogP contribution in [0.2, 0.25) is 15.9 Å². The average Bonchev–Trinajstić information content (AvgIpc) is 2.63. The van der Waals surface area contributed by atoms with Crippen LogP contribution in [-0.4, -0.2) is 49.4 Å². The Balaban J connectivity index is 1.97. The monoisotopic (exact) mass is 459 g/mol. The Morgan fingerprint density at radius 2 is 2.07 bits per heavy atom. The molecule has 0 bridgehead atoms. The molecule has 1 fully saturated rings. The number of Topliss-reactive ketones (excluding diaryl/α,β-unsaturated/α-hetero) is 1. The fourth-order valence-electron chi connectivity index (χ4n) is 3.01.